The maximum absolute atomic E-state index is 11.0. The summed E-state index contributed by atoms with van der Waals surface area (Å²) in [6.07, 6.45) is 7.35. The maximum Gasteiger partial charge on any atom is 0.209 e. The molecule has 2 atom stereocenters. The molecule has 1 fully saturated rings. The van der Waals surface area contributed by atoms with Crippen LogP contribution in [0.1, 0.15) is 70.7 Å². The molecular weight excluding hydrogens is 398 g/mol. The van der Waals surface area contributed by atoms with E-state index in [2.05, 4.69) is 55.0 Å². The van der Waals surface area contributed by atoms with Crippen molar-refractivity contribution in [2.24, 2.45) is 5.92 Å². The normalized spacial score (nSPS) is 20.8. The lowest BCUT2D eigenvalue weighted by atomic mass is 9.79. The van der Waals surface area contributed by atoms with Gasteiger partial charge < -0.3 is 15.0 Å². The van der Waals surface area contributed by atoms with Gasteiger partial charge >= 0.3 is 0 Å². The average Bonchev–Trinajstić information content (AvgIpc) is 3.19. The lowest BCUT2D eigenvalue weighted by molar-refractivity contribution is 0.0410. The van der Waals surface area contributed by atoms with Gasteiger partial charge in [0, 0.05) is 6.04 Å². The van der Waals surface area contributed by atoms with Crippen LogP contribution in [0, 0.1) is 17.8 Å². The number of anilines is 1. The Morgan fingerprint density at radius 2 is 2.00 bits per heavy atom. The number of hydrogen-bond donors (Lipinski definition) is 2. The van der Waals surface area contributed by atoms with Crippen LogP contribution in [0.3, 0.4) is 0 Å². The number of benzene rings is 1. The van der Waals surface area contributed by atoms with E-state index in [0.717, 1.165) is 36.8 Å². The highest BCUT2D eigenvalue weighted by Gasteiger charge is 2.30. The molecular formula is C26H33N5O. The van der Waals surface area contributed by atoms with E-state index in [4.69, 9.17) is 9.97 Å². The standard InChI is InChI=1S/C26H33N5O/c1-4-21(5-2)28-24-23-25(31(18-27-23)17-20-11-7-6-8-12-20)30-22(29-24)13-15-26(32)14-9-10-19(3)16-26/h6-8,11-12,18-19,21,32H,4-5,9-10,14,16-17H2,1-3H3,(H,28,29,30). The number of nitrogens with one attached hydrogen (secondary N) is 1. The van der Waals surface area contributed by atoms with Gasteiger partial charge in [-0.3, -0.25) is 0 Å². The van der Waals surface area contributed by atoms with Crippen molar-refractivity contribution in [2.75, 3.05) is 5.32 Å². The van der Waals surface area contributed by atoms with E-state index < -0.39 is 5.60 Å². The van der Waals surface area contributed by atoms with Crippen molar-refractivity contribution in [1.29, 1.82) is 0 Å². The Morgan fingerprint density at radius 1 is 1.22 bits per heavy atom. The van der Waals surface area contributed by atoms with Crippen molar-refractivity contribution < 1.29 is 5.11 Å². The number of rotatable bonds is 6. The van der Waals surface area contributed by atoms with E-state index >= 15 is 0 Å². The first-order chi connectivity index (χ1) is 15.5. The summed E-state index contributed by atoms with van der Waals surface area (Å²) in [6.45, 7) is 7.17. The monoisotopic (exact) mass is 431 g/mol. The SMILES string of the molecule is CCC(CC)Nc1nc(C#CC2(O)CCCC(C)C2)nc2c1ncn2Cc1ccccc1. The molecule has 4 rings (SSSR count). The first-order valence-corrected chi connectivity index (χ1v) is 11.8. The zero-order chi connectivity index (χ0) is 22.6. The minimum atomic E-state index is -0.955. The largest absolute Gasteiger partial charge is 0.378 e. The Bertz CT molecular complexity index is 1110. The number of imidazole rings is 1. The molecule has 0 amide bonds. The van der Waals surface area contributed by atoms with Gasteiger partial charge in [-0.2, -0.15) is 0 Å². The molecule has 1 aliphatic rings. The predicted octanol–water partition coefficient (Wildman–Crippen LogP) is 4.77. The molecule has 0 spiro atoms. The molecule has 168 valence electrons. The summed E-state index contributed by atoms with van der Waals surface area (Å²) in [5.74, 6) is 7.81. The van der Waals surface area contributed by atoms with Crippen molar-refractivity contribution in [3.05, 3.63) is 48.0 Å². The van der Waals surface area contributed by atoms with Crippen LogP contribution < -0.4 is 5.32 Å². The maximum atomic E-state index is 11.0. The first kappa shape index (κ1) is 22.3. The molecule has 1 saturated carbocycles. The molecule has 0 bridgehead atoms. The van der Waals surface area contributed by atoms with Gasteiger partial charge in [0.15, 0.2) is 17.0 Å². The van der Waals surface area contributed by atoms with Crippen LogP contribution in [0.15, 0.2) is 36.7 Å². The second-order valence-electron chi connectivity index (χ2n) is 9.07. The van der Waals surface area contributed by atoms with Gasteiger partial charge in [-0.25, -0.2) is 15.0 Å². The fourth-order valence-electron chi connectivity index (χ4n) is 4.49. The van der Waals surface area contributed by atoms with E-state index in [-0.39, 0.29) is 0 Å². The van der Waals surface area contributed by atoms with Crippen LogP contribution in [0.2, 0.25) is 0 Å². The Hall–Kier alpha value is -2.91. The van der Waals surface area contributed by atoms with Crippen molar-refractivity contribution in [3.63, 3.8) is 0 Å². The lowest BCUT2D eigenvalue weighted by Gasteiger charge is -2.30. The minimum absolute atomic E-state index is 0.302. The second kappa shape index (κ2) is 9.70. The third-order valence-corrected chi connectivity index (χ3v) is 6.37. The Balaban J connectivity index is 1.73. The highest BCUT2D eigenvalue weighted by molar-refractivity contribution is 5.83. The van der Waals surface area contributed by atoms with E-state index in [0.29, 0.717) is 43.0 Å². The Morgan fingerprint density at radius 3 is 2.72 bits per heavy atom. The molecule has 32 heavy (non-hydrogen) atoms. The fraction of sp³-hybridized carbons (Fsp3) is 0.500. The molecule has 0 radical (unpaired) electrons. The fourth-order valence-corrected chi connectivity index (χ4v) is 4.49. The zero-order valence-electron chi connectivity index (χ0n) is 19.3. The zero-order valence-corrected chi connectivity index (χ0v) is 19.3. The predicted molar refractivity (Wildman–Crippen MR) is 128 cm³/mol. The highest BCUT2D eigenvalue weighted by Crippen LogP contribution is 2.31. The quantitative estimate of drug-likeness (QED) is 0.550. The van der Waals surface area contributed by atoms with Crippen LogP contribution in [0.25, 0.3) is 11.2 Å². The second-order valence-corrected chi connectivity index (χ2v) is 9.07. The van der Waals surface area contributed by atoms with Gasteiger partial charge in [-0.1, -0.05) is 63.4 Å². The van der Waals surface area contributed by atoms with Gasteiger partial charge in [0.05, 0.1) is 12.9 Å². The third kappa shape index (κ3) is 5.11. The third-order valence-electron chi connectivity index (χ3n) is 6.37. The van der Waals surface area contributed by atoms with E-state index in [9.17, 15) is 5.11 Å². The van der Waals surface area contributed by atoms with Gasteiger partial charge in [0.25, 0.3) is 0 Å². The Labute approximate surface area is 190 Å². The van der Waals surface area contributed by atoms with Crippen LogP contribution in [-0.4, -0.2) is 36.3 Å². The molecule has 6 nitrogen and oxygen atoms in total. The van der Waals surface area contributed by atoms with Gasteiger partial charge in [0.2, 0.25) is 5.82 Å². The van der Waals surface area contributed by atoms with Crippen LogP contribution >= 0.6 is 0 Å². The topological polar surface area (TPSA) is 75.9 Å². The lowest BCUT2D eigenvalue weighted by Crippen LogP contribution is -2.32. The van der Waals surface area contributed by atoms with Crippen molar-refractivity contribution >= 4 is 17.0 Å². The van der Waals surface area contributed by atoms with Gasteiger partial charge in [0.1, 0.15) is 5.60 Å². The number of fused-ring (bicyclic) bond motifs is 1. The molecule has 2 aromatic heterocycles. The number of aliphatic hydroxyl groups is 1. The summed E-state index contributed by atoms with van der Waals surface area (Å²) in [5, 5.41) is 14.5. The summed E-state index contributed by atoms with van der Waals surface area (Å²) in [4.78, 5) is 14.1. The summed E-state index contributed by atoms with van der Waals surface area (Å²) in [7, 11) is 0. The number of hydrogen-bond acceptors (Lipinski definition) is 5. The first-order valence-electron chi connectivity index (χ1n) is 11.8. The molecule has 1 aromatic carbocycles. The smallest absolute Gasteiger partial charge is 0.209 e. The van der Waals surface area contributed by atoms with Crippen molar-refractivity contribution in [2.45, 2.75) is 77.5 Å². The minimum Gasteiger partial charge on any atom is -0.378 e. The number of nitrogens with zero attached hydrogens (tertiary/aromatic N) is 4. The molecule has 6 heteroatoms. The van der Waals surface area contributed by atoms with Crippen LogP contribution in [0.5, 0.6) is 0 Å². The Kier molecular flexibility index (Phi) is 6.76. The van der Waals surface area contributed by atoms with Gasteiger partial charge in [-0.05, 0) is 49.5 Å². The molecule has 2 heterocycles. The molecule has 2 unspecified atom stereocenters. The van der Waals surface area contributed by atoms with E-state index in [1.165, 1.54) is 5.56 Å². The molecule has 3 aromatic rings. The van der Waals surface area contributed by atoms with Crippen molar-refractivity contribution in [1.82, 2.24) is 19.5 Å². The summed E-state index contributed by atoms with van der Waals surface area (Å²) >= 11 is 0. The van der Waals surface area contributed by atoms with Crippen LogP contribution in [-0.2, 0) is 6.54 Å². The van der Waals surface area contributed by atoms with Crippen LogP contribution in [0.4, 0.5) is 5.82 Å². The molecule has 1 aliphatic carbocycles. The molecule has 0 aliphatic heterocycles. The summed E-state index contributed by atoms with van der Waals surface area (Å²) in [5.41, 5.74) is 1.73. The molecule has 2 N–H and O–H groups in total. The molecule has 0 saturated heterocycles. The van der Waals surface area contributed by atoms with E-state index in [1.54, 1.807) is 0 Å². The summed E-state index contributed by atoms with van der Waals surface area (Å²) < 4.78 is 2.03. The highest BCUT2D eigenvalue weighted by atomic mass is 16.3. The van der Waals surface area contributed by atoms with Crippen molar-refractivity contribution in [3.8, 4) is 11.8 Å². The average molecular weight is 432 g/mol. The summed E-state index contributed by atoms with van der Waals surface area (Å²) in [6, 6.07) is 10.6. The van der Waals surface area contributed by atoms with E-state index in [1.807, 2.05) is 29.1 Å². The number of aromatic nitrogens is 4. The van der Waals surface area contributed by atoms with Gasteiger partial charge in [-0.15, -0.1) is 0 Å².